The van der Waals surface area contributed by atoms with Gasteiger partial charge < -0.3 is 5.32 Å². The van der Waals surface area contributed by atoms with Crippen molar-refractivity contribution in [3.8, 4) is 0 Å². The molecule has 0 bridgehead atoms. The Bertz CT molecular complexity index is 344. The van der Waals surface area contributed by atoms with E-state index in [0.29, 0.717) is 0 Å². The molecule has 1 heterocycles. The molecule has 1 N–H and O–H groups in total. The van der Waals surface area contributed by atoms with Crippen LogP contribution < -0.4 is 5.32 Å². The SMILES string of the molecule is CCCNC(CC1CCCC1)c1ccc(F)cn1. The van der Waals surface area contributed by atoms with Crippen LogP contribution in [0.1, 0.15) is 57.2 Å². The number of hydrogen-bond acceptors (Lipinski definition) is 2. The van der Waals surface area contributed by atoms with Crippen molar-refractivity contribution in [2.24, 2.45) is 5.92 Å². The maximum atomic E-state index is 12.9. The fourth-order valence-corrected chi connectivity index (χ4v) is 2.80. The lowest BCUT2D eigenvalue weighted by Gasteiger charge is -2.21. The number of nitrogens with one attached hydrogen (secondary N) is 1. The van der Waals surface area contributed by atoms with Crippen molar-refractivity contribution in [2.45, 2.75) is 51.5 Å². The highest BCUT2D eigenvalue weighted by Crippen LogP contribution is 2.32. The van der Waals surface area contributed by atoms with E-state index in [9.17, 15) is 4.39 Å². The second-order valence-corrected chi connectivity index (χ2v) is 5.29. The van der Waals surface area contributed by atoms with E-state index in [1.54, 1.807) is 0 Å². The number of pyridine rings is 1. The molecule has 2 nitrogen and oxygen atoms in total. The minimum absolute atomic E-state index is 0.256. The number of hydrogen-bond donors (Lipinski definition) is 1. The van der Waals surface area contributed by atoms with Gasteiger partial charge in [0.25, 0.3) is 0 Å². The standard InChI is InChI=1S/C15H23FN2/c1-2-9-17-15(10-12-5-3-4-6-12)14-8-7-13(16)11-18-14/h7-8,11-12,15,17H,2-6,9-10H2,1H3. The minimum atomic E-state index is -0.256. The first-order chi connectivity index (χ1) is 8.79. The predicted molar refractivity (Wildman–Crippen MR) is 71.8 cm³/mol. The Balaban J connectivity index is 2.00. The maximum Gasteiger partial charge on any atom is 0.141 e. The monoisotopic (exact) mass is 250 g/mol. The van der Waals surface area contributed by atoms with Crippen LogP contribution in [0.3, 0.4) is 0 Å². The highest BCUT2D eigenvalue weighted by atomic mass is 19.1. The molecule has 1 saturated carbocycles. The third kappa shape index (κ3) is 3.77. The highest BCUT2D eigenvalue weighted by molar-refractivity contribution is 5.10. The summed E-state index contributed by atoms with van der Waals surface area (Å²) in [7, 11) is 0. The van der Waals surface area contributed by atoms with Gasteiger partial charge in [-0.3, -0.25) is 4.98 Å². The molecule has 0 aromatic carbocycles. The van der Waals surface area contributed by atoms with E-state index in [-0.39, 0.29) is 11.9 Å². The van der Waals surface area contributed by atoms with Crippen molar-refractivity contribution < 1.29 is 4.39 Å². The lowest BCUT2D eigenvalue weighted by atomic mass is 9.96. The molecule has 0 amide bonds. The number of nitrogens with zero attached hydrogens (tertiary/aromatic N) is 1. The molecule has 18 heavy (non-hydrogen) atoms. The summed E-state index contributed by atoms with van der Waals surface area (Å²) >= 11 is 0. The van der Waals surface area contributed by atoms with Crippen molar-refractivity contribution in [2.75, 3.05) is 6.54 Å². The van der Waals surface area contributed by atoms with Crippen LogP contribution in [-0.4, -0.2) is 11.5 Å². The van der Waals surface area contributed by atoms with E-state index < -0.39 is 0 Å². The average molecular weight is 250 g/mol. The molecule has 1 unspecified atom stereocenters. The normalized spacial score (nSPS) is 18.1. The zero-order chi connectivity index (χ0) is 12.8. The first-order valence-electron chi connectivity index (χ1n) is 7.14. The molecule has 1 aliphatic rings. The van der Waals surface area contributed by atoms with E-state index in [1.165, 1.54) is 37.9 Å². The lowest BCUT2D eigenvalue weighted by Crippen LogP contribution is -2.25. The van der Waals surface area contributed by atoms with Crippen LogP contribution in [0.4, 0.5) is 4.39 Å². The lowest BCUT2D eigenvalue weighted by molar-refractivity contribution is 0.389. The van der Waals surface area contributed by atoms with Gasteiger partial charge in [-0.15, -0.1) is 0 Å². The molecule has 0 spiro atoms. The summed E-state index contributed by atoms with van der Waals surface area (Å²) < 4.78 is 12.9. The fraction of sp³-hybridized carbons (Fsp3) is 0.667. The summed E-state index contributed by atoms with van der Waals surface area (Å²) in [4.78, 5) is 4.24. The molecule has 1 aromatic heterocycles. The first kappa shape index (κ1) is 13.5. The maximum absolute atomic E-state index is 12.9. The number of halogens is 1. The summed E-state index contributed by atoms with van der Waals surface area (Å²) in [5, 5.41) is 3.55. The van der Waals surface area contributed by atoms with Crippen LogP contribution in [0.2, 0.25) is 0 Å². The first-order valence-corrected chi connectivity index (χ1v) is 7.14. The third-order valence-electron chi connectivity index (χ3n) is 3.79. The van der Waals surface area contributed by atoms with Crippen LogP contribution >= 0.6 is 0 Å². The molecular formula is C15H23FN2. The van der Waals surface area contributed by atoms with Crippen molar-refractivity contribution in [1.82, 2.24) is 10.3 Å². The van der Waals surface area contributed by atoms with Gasteiger partial charge in [0, 0.05) is 6.04 Å². The zero-order valence-electron chi connectivity index (χ0n) is 11.2. The fourth-order valence-electron chi connectivity index (χ4n) is 2.80. The number of aromatic nitrogens is 1. The molecule has 3 heteroatoms. The van der Waals surface area contributed by atoms with Gasteiger partial charge in [-0.1, -0.05) is 32.6 Å². The van der Waals surface area contributed by atoms with Crippen LogP contribution in [0.25, 0.3) is 0 Å². The Kier molecular flexibility index (Phi) is 5.12. The summed E-state index contributed by atoms with van der Waals surface area (Å²) in [6.07, 6.45) is 8.98. The van der Waals surface area contributed by atoms with Crippen molar-refractivity contribution >= 4 is 0 Å². The molecule has 2 rings (SSSR count). The van der Waals surface area contributed by atoms with Crippen molar-refractivity contribution in [3.05, 3.63) is 29.8 Å². The molecule has 100 valence electrons. The van der Waals surface area contributed by atoms with Crippen LogP contribution in [-0.2, 0) is 0 Å². The van der Waals surface area contributed by atoms with Crippen LogP contribution in [0, 0.1) is 11.7 Å². The molecule has 1 aliphatic carbocycles. The van der Waals surface area contributed by atoms with E-state index >= 15 is 0 Å². The Labute approximate surface area is 109 Å². The van der Waals surface area contributed by atoms with Gasteiger partial charge in [0.15, 0.2) is 0 Å². The van der Waals surface area contributed by atoms with E-state index in [0.717, 1.165) is 31.0 Å². The van der Waals surface area contributed by atoms with E-state index in [2.05, 4.69) is 17.2 Å². The van der Waals surface area contributed by atoms with E-state index in [1.807, 2.05) is 6.07 Å². The van der Waals surface area contributed by atoms with Crippen molar-refractivity contribution in [3.63, 3.8) is 0 Å². The van der Waals surface area contributed by atoms with Gasteiger partial charge >= 0.3 is 0 Å². The zero-order valence-corrected chi connectivity index (χ0v) is 11.2. The van der Waals surface area contributed by atoms with Gasteiger partial charge in [-0.05, 0) is 37.4 Å². The molecule has 1 atom stereocenters. The largest absolute Gasteiger partial charge is 0.309 e. The van der Waals surface area contributed by atoms with Gasteiger partial charge in [-0.25, -0.2) is 4.39 Å². The second kappa shape index (κ2) is 6.83. The molecule has 0 saturated heterocycles. The summed E-state index contributed by atoms with van der Waals surface area (Å²) in [5.41, 5.74) is 0.983. The molecule has 0 aliphatic heterocycles. The summed E-state index contributed by atoms with van der Waals surface area (Å²) in [6.45, 7) is 3.16. The summed E-state index contributed by atoms with van der Waals surface area (Å²) in [6, 6.07) is 3.61. The van der Waals surface area contributed by atoms with Gasteiger partial charge in [-0.2, -0.15) is 0 Å². The van der Waals surface area contributed by atoms with Gasteiger partial charge in [0.2, 0.25) is 0 Å². The van der Waals surface area contributed by atoms with Crippen LogP contribution in [0.5, 0.6) is 0 Å². The molecule has 1 aromatic rings. The van der Waals surface area contributed by atoms with Crippen molar-refractivity contribution in [1.29, 1.82) is 0 Å². The third-order valence-corrected chi connectivity index (χ3v) is 3.79. The minimum Gasteiger partial charge on any atom is -0.309 e. The molecular weight excluding hydrogens is 227 g/mol. The second-order valence-electron chi connectivity index (χ2n) is 5.29. The van der Waals surface area contributed by atoms with Crippen LogP contribution in [0.15, 0.2) is 18.3 Å². The summed E-state index contributed by atoms with van der Waals surface area (Å²) in [5.74, 6) is 0.556. The Morgan fingerprint density at radius 3 is 2.78 bits per heavy atom. The number of rotatable bonds is 6. The highest BCUT2D eigenvalue weighted by Gasteiger charge is 2.21. The Morgan fingerprint density at radius 2 is 2.17 bits per heavy atom. The smallest absolute Gasteiger partial charge is 0.141 e. The average Bonchev–Trinajstić information content (AvgIpc) is 2.88. The predicted octanol–water partition coefficient (Wildman–Crippen LogP) is 3.84. The van der Waals surface area contributed by atoms with Gasteiger partial charge in [0.05, 0.1) is 11.9 Å². The Morgan fingerprint density at radius 1 is 1.39 bits per heavy atom. The molecule has 1 fully saturated rings. The van der Waals surface area contributed by atoms with E-state index in [4.69, 9.17) is 0 Å². The van der Waals surface area contributed by atoms with Gasteiger partial charge in [0.1, 0.15) is 5.82 Å². The quantitative estimate of drug-likeness (QED) is 0.829. The Hall–Kier alpha value is -0.960. The molecule has 0 radical (unpaired) electrons. The topological polar surface area (TPSA) is 24.9 Å².